The van der Waals surface area contributed by atoms with Crippen molar-refractivity contribution in [3.63, 3.8) is 0 Å². The summed E-state index contributed by atoms with van der Waals surface area (Å²) in [5.41, 5.74) is 7.74. The number of guanidine groups is 1. The Labute approximate surface area is 175 Å². The van der Waals surface area contributed by atoms with Crippen LogP contribution in [0.15, 0.2) is 41.4 Å². The molecule has 1 heterocycles. The number of anilines is 1. The van der Waals surface area contributed by atoms with Crippen LogP contribution in [0.3, 0.4) is 0 Å². The van der Waals surface area contributed by atoms with Crippen molar-refractivity contribution < 1.29 is 13.9 Å². The van der Waals surface area contributed by atoms with Crippen LogP contribution in [0.5, 0.6) is 11.5 Å². The van der Waals surface area contributed by atoms with Gasteiger partial charge in [0, 0.05) is 24.3 Å². The van der Waals surface area contributed by atoms with Crippen molar-refractivity contribution in [3.05, 3.63) is 52.8 Å². The highest BCUT2D eigenvalue weighted by Gasteiger charge is 2.33. The summed E-state index contributed by atoms with van der Waals surface area (Å²) in [6.45, 7) is 1.45. The summed E-state index contributed by atoms with van der Waals surface area (Å²) in [4.78, 5) is 6.72. The van der Waals surface area contributed by atoms with Crippen molar-refractivity contribution >= 4 is 23.2 Å². The molecule has 0 spiro atoms. The maximum Gasteiger partial charge on any atom is 0.193 e. The highest BCUT2D eigenvalue weighted by atomic mass is 35.5. The van der Waals surface area contributed by atoms with Crippen LogP contribution in [0, 0.1) is 11.7 Å². The number of likely N-dealkylation sites (tertiary alicyclic amines) is 1. The number of nitrogens with two attached hydrogens (primary N) is 1. The van der Waals surface area contributed by atoms with E-state index in [0.29, 0.717) is 24.0 Å². The summed E-state index contributed by atoms with van der Waals surface area (Å²) in [6, 6.07) is 10.5. The standard InChI is InChI=1S/C21H26ClFN4O2/c1-27-9-8-14(20(27)13-4-6-16(22)17(23)10-13)12-25-21(24)26-15-5-7-18(28-2)19(11-15)29-3/h4-7,10-11,14,20H,8-9,12H2,1-3H3,(H3,24,25,26). The third-order valence-corrected chi connectivity index (χ3v) is 5.52. The van der Waals surface area contributed by atoms with Gasteiger partial charge in [-0.05, 0) is 55.8 Å². The Balaban J connectivity index is 1.69. The van der Waals surface area contributed by atoms with Gasteiger partial charge in [0.25, 0.3) is 0 Å². The number of hydrogen-bond donors (Lipinski definition) is 2. The quantitative estimate of drug-likeness (QED) is 0.547. The van der Waals surface area contributed by atoms with Crippen LogP contribution in [-0.2, 0) is 0 Å². The maximum atomic E-state index is 13.9. The summed E-state index contributed by atoms with van der Waals surface area (Å²) >= 11 is 5.83. The minimum absolute atomic E-state index is 0.0689. The Morgan fingerprint density at radius 2 is 2.00 bits per heavy atom. The summed E-state index contributed by atoms with van der Waals surface area (Å²) in [6.07, 6.45) is 0.957. The molecule has 1 fully saturated rings. The Morgan fingerprint density at radius 1 is 1.24 bits per heavy atom. The lowest BCUT2D eigenvalue weighted by Gasteiger charge is -2.25. The van der Waals surface area contributed by atoms with Gasteiger partial charge in [0.2, 0.25) is 0 Å². The van der Waals surface area contributed by atoms with Gasteiger partial charge in [0.15, 0.2) is 17.5 Å². The fraction of sp³-hybridized carbons (Fsp3) is 0.381. The van der Waals surface area contributed by atoms with Gasteiger partial charge >= 0.3 is 0 Å². The highest BCUT2D eigenvalue weighted by molar-refractivity contribution is 6.30. The van der Waals surface area contributed by atoms with Gasteiger partial charge in [0.05, 0.1) is 19.2 Å². The number of rotatable bonds is 6. The van der Waals surface area contributed by atoms with E-state index in [4.69, 9.17) is 26.8 Å². The van der Waals surface area contributed by atoms with E-state index in [1.165, 1.54) is 6.07 Å². The number of nitrogens with zero attached hydrogens (tertiary/aromatic N) is 2. The van der Waals surface area contributed by atoms with E-state index in [1.54, 1.807) is 32.4 Å². The molecule has 3 N–H and O–H groups in total. The monoisotopic (exact) mass is 420 g/mol. The van der Waals surface area contributed by atoms with E-state index < -0.39 is 5.82 Å². The number of nitrogens with one attached hydrogen (secondary N) is 1. The second-order valence-corrected chi connectivity index (χ2v) is 7.48. The predicted octanol–water partition coefficient (Wildman–Crippen LogP) is 3.92. The molecule has 2 atom stereocenters. The number of aliphatic imine (C=N–C) groups is 1. The molecule has 6 nitrogen and oxygen atoms in total. The third-order valence-electron chi connectivity index (χ3n) is 5.21. The predicted molar refractivity (Wildman–Crippen MR) is 115 cm³/mol. The van der Waals surface area contributed by atoms with Crippen molar-refractivity contribution in [2.45, 2.75) is 12.5 Å². The molecular weight excluding hydrogens is 395 g/mol. The molecule has 1 saturated heterocycles. The van der Waals surface area contributed by atoms with Gasteiger partial charge in [-0.2, -0.15) is 0 Å². The average Bonchev–Trinajstić information content (AvgIpc) is 3.08. The normalized spacial score (nSPS) is 20.0. The topological polar surface area (TPSA) is 72.1 Å². The first-order chi connectivity index (χ1) is 13.9. The lowest BCUT2D eigenvalue weighted by molar-refractivity contribution is 0.279. The molecule has 0 aromatic heterocycles. The van der Waals surface area contributed by atoms with Gasteiger partial charge in [0.1, 0.15) is 5.82 Å². The molecule has 0 bridgehead atoms. The van der Waals surface area contributed by atoms with E-state index in [-0.39, 0.29) is 17.0 Å². The number of ether oxygens (including phenoxy) is 2. The molecule has 3 rings (SSSR count). The molecule has 8 heteroatoms. The fourth-order valence-corrected chi connectivity index (χ4v) is 3.87. The molecular formula is C21H26ClFN4O2. The number of methoxy groups -OCH3 is 2. The van der Waals surface area contributed by atoms with Gasteiger partial charge in [-0.3, -0.25) is 9.89 Å². The Morgan fingerprint density at radius 3 is 2.69 bits per heavy atom. The molecule has 156 valence electrons. The second-order valence-electron chi connectivity index (χ2n) is 7.07. The lowest BCUT2D eigenvalue weighted by Crippen LogP contribution is -2.26. The fourth-order valence-electron chi connectivity index (χ4n) is 3.76. The molecule has 2 aromatic carbocycles. The zero-order valence-electron chi connectivity index (χ0n) is 16.8. The Hall–Kier alpha value is -2.51. The molecule has 2 unspecified atom stereocenters. The van der Waals surface area contributed by atoms with Crippen molar-refractivity contribution in [3.8, 4) is 11.5 Å². The van der Waals surface area contributed by atoms with Crippen molar-refractivity contribution in [1.82, 2.24) is 4.90 Å². The zero-order chi connectivity index (χ0) is 21.0. The number of hydrogen-bond acceptors (Lipinski definition) is 4. The molecule has 0 radical (unpaired) electrons. The minimum atomic E-state index is -0.402. The van der Waals surface area contributed by atoms with Crippen LogP contribution in [0.25, 0.3) is 0 Å². The van der Waals surface area contributed by atoms with E-state index in [0.717, 1.165) is 24.2 Å². The summed E-state index contributed by atoms with van der Waals surface area (Å²) in [5, 5.41) is 3.21. The van der Waals surface area contributed by atoms with E-state index in [9.17, 15) is 4.39 Å². The number of halogens is 2. The molecule has 0 aliphatic carbocycles. The van der Waals surface area contributed by atoms with Crippen molar-refractivity contribution in [1.29, 1.82) is 0 Å². The Bertz CT molecular complexity index is 893. The average molecular weight is 421 g/mol. The SMILES string of the molecule is COc1ccc(NC(N)=NCC2CCN(C)C2c2ccc(Cl)c(F)c2)cc1OC. The van der Waals surface area contributed by atoms with E-state index in [1.807, 2.05) is 19.2 Å². The first kappa shape index (κ1) is 21.2. The first-order valence-electron chi connectivity index (χ1n) is 9.37. The van der Waals surface area contributed by atoms with Crippen LogP contribution >= 0.6 is 11.6 Å². The largest absolute Gasteiger partial charge is 0.493 e. The van der Waals surface area contributed by atoms with Crippen molar-refractivity contribution in [2.75, 3.05) is 39.7 Å². The molecule has 0 saturated carbocycles. The Kier molecular flexibility index (Phi) is 6.82. The zero-order valence-corrected chi connectivity index (χ0v) is 17.5. The molecule has 29 heavy (non-hydrogen) atoms. The second kappa shape index (κ2) is 9.33. The van der Waals surface area contributed by atoms with Crippen LogP contribution in [0.2, 0.25) is 5.02 Å². The van der Waals surface area contributed by atoms with E-state index >= 15 is 0 Å². The van der Waals surface area contributed by atoms with Gasteiger partial charge in [-0.15, -0.1) is 0 Å². The lowest BCUT2D eigenvalue weighted by atomic mass is 9.94. The van der Waals surface area contributed by atoms with Crippen molar-refractivity contribution in [2.24, 2.45) is 16.6 Å². The third kappa shape index (κ3) is 4.92. The molecule has 0 amide bonds. The van der Waals surface area contributed by atoms with Crippen LogP contribution in [0.4, 0.5) is 10.1 Å². The molecule has 1 aliphatic heterocycles. The van der Waals surface area contributed by atoms with Crippen LogP contribution in [-0.4, -0.2) is 45.2 Å². The van der Waals surface area contributed by atoms with Crippen LogP contribution < -0.4 is 20.5 Å². The van der Waals surface area contributed by atoms with E-state index in [2.05, 4.69) is 15.2 Å². The first-order valence-corrected chi connectivity index (χ1v) is 9.75. The van der Waals surface area contributed by atoms with Crippen LogP contribution in [0.1, 0.15) is 18.0 Å². The smallest absolute Gasteiger partial charge is 0.193 e. The highest BCUT2D eigenvalue weighted by Crippen LogP contribution is 2.37. The number of benzene rings is 2. The molecule has 2 aromatic rings. The maximum absolute atomic E-state index is 13.9. The van der Waals surface area contributed by atoms with Gasteiger partial charge in [-0.1, -0.05) is 17.7 Å². The summed E-state index contributed by atoms with van der Waals surface area (Å²) < 4.78 is 24.5. The van der Waals surface area contributed by atoms with Gasteiger partial charge in [-0.25, -0.2) is 4.39 Å². The molecule has 1 aliphatic rings. The summed E-state index contributed by atoms with van der Waals surface area (Å²) in [5.74, 6) is 1.38. The minimum Gasteiger partial charge on any atom is -0.493 e. The summed E-state index contributed by atoms with van der Waals surface area (Å²) in [7, 11) is 5.20. The van der Waals surface area contributed by atoms with Gasteiger partial charge < -0.3 is 20.5 Å².